The van der Waals surface area contributed by atoms with Gasteiger partial charge in [0.15, 0.2) is 5.78 Å². The van der Waals surface area contributed by atoms with Crippen LogP contribution in [0.4, 0.5) is 0 Å². The van der Waals surface area contributed by atoms with Crippen LogP contribution in [-0.2, 0) is 4.79 Å². The Balaban J connectivity index is 2.68. The Hall–Kier alpha value is -0.540. The molecule has 0 unspecified atom stereocenters. The summed E-state index contributed by atoms with van der Waals surface area (Å²) in [5.41, 5.74) is -0.390. The zero-order valence-corrected chi connectivity index (χ0v) is 11.9. The number of hydrogen-bond donors (Lipinski definition) is 0. The van der Waals surface area contributed by atoms with Crippen molar-refractivity contribution in [3.63, 3.8) is 0 Å². The number of ether oxygens (including phenoxy) is 1. The molecule has 2 nitrogen and oxygen atoms in total. The van der Waals surface area contributed by atoms with E-state index in [1.54, 1.807) is 12.1 Å². The maximum absolute atomic E-state index is 11.7. The molecule has 0 saturated heterocycles. The molecular formula is C12H14BrClO2. The quantitative estimate of drug-likeness (QED) is 0.840. The van der Waals surface area contributed by atoms with E-state index in [0.717, 1.165) is 4.47 Å². The van der Waals surface area contributed by atoms with Gasteiger partial charge >= 0.3 is 0 Å². The van der Waals surface area contributed by atoms with Crippen LogP contribution in [0.5, 0.6) is 5.75 Å². The minimum atomic E-state index is -0.390. The van der Waals surface area contributed by atoms with Crippen LogP contribution in [0.3, 0.4) is 0 Å². The van der Waals surface area contributed by atoms with Crippen LogP contribution < -0.4 is 4.74 Å². The Labute approximate surface area is 109 Å². The fourth-order valence-corrected chi connectivity index (χ4v) is 1.46. The highest BCUT2D eigenvalue weighted by Gasteiger charge is 2.21. The molecule has 1 aromatic rings. The van der Waals surface area contributed by atoms with E-state index in [2.05, 4.69) is 15.9 Å². The molecule has 1 rings (SSSR count). The lowest BCUT2D eigenvalue weighted by atomic mass is 9.91. The highest BCUT2D eigenvalue weighted by Crippen LogP contribution is 2.28. The van der Waals surface area contributed by atoms with Crippen molar-refractivity contribution < 1.29 is 9.53 Å². The molecule has 0 aliphatic carbocycles. The topological polar surface area (TPSA) is 26.3 Å². The van der Waals surface area contributed by atoms with Gasteiger partial charge in [0.1, 0.15) is 12.4 Å². The molecule has 88 valence electrons. The third kappa shape index (κ3) is 3.80. The zero-order valence-electron chi connectivity index (χ0n) is 9.51. The van der Waals surface area contributed by atoms with Gasteiger partial charge < -0.3 is 4.74 Å². The molecule has 0 fully saturated rings. The van der Waals surface area contributed by atoms with E-state index in [0.29, 0.717) is 10.8 Å². The number of rotatable bonds is 3. The molecule has 0 aromatic heterocycles. The minimum absolute atomic E-state index is 0.0413. The second kappa shape index (κ2) is 5.19. The zero-order chi connectivity index (χ0) is 12.3. The first kappa shape index (κ1) is 13.5. The molecule has 16 heavy (non-hydrogen) atoms. The third-order valence-electron chi connectivity index (χ3n) is 2.09. The molecule has 0 bridgehead atoms. The smallest absolute Gasteiger partial charge is 0.175 e. The van der Waals surface area contributed by atoms with E-state index >= 15 is 0 Å². The van der Waals surface area contributed by atoms with Crippen LogP contribution in [0.25, 0.3) is 0 Å². The van der Waals surface area contributed by atoms with Gasteiger partial charge in [0, 0.05) is 9.89 Å². The van der Waals surface area contributed by atoms with Gasteiger partial charge in [-0.3, -0.25) is 4.79 Å². The predicted molar refractivity (Wildman–Crippen MR) is 69.1 cm³/mol. The SMILES string of the molecule is CC(C)(C)C(=O)COc1cc(Br)ccc1Cl. The molecule has 0 aliphatic heterocycles. The van der Waals surface area contributed by atoms with Crippen molar-refractivity contribution in [1.29, 1.82) is 0 Å². The second-order valence-corrected chi connectivity index (χ2v) is 5.86. The highest BCUT2D eigenvalue weighted by atomic mass is 79.9. The van der Waals surface area contributed by atoms with E-state index in [1.165, 1.54) is 0 Å². The number of carbonyl (C=O) groups excluding carboxylic acids is 1. The first-order valence-electron chi connectivity index (χ1n) is 4.92. The fourth-order valence-electron chi connectivity index (χ4n) is 0.948. The summed E-state index contributed by atoms with van der Waals surface area (Å²) in [6.07, 6.45) is 0. The van der Waals surface area contributed by atoms with Gasteiger partial charge in [-0.2, -0.15) is 0 Å². The molecule has 0 radical (unpaired) electrons. The lowest BCUT2D eigenvalue weighted by Gasteiger charge is -2.17. The fraction of sp³-hybridized carbons (Fsp3) is 0.417. The van der Waals surface area contributed by atoms with Crippen LogP contribution in [0.2, 0.25) is 5.02 Å². The van der Waals surface area contributed by atoms with E-state index in [4.69, 9.17) is 16.3 Å². The van der Waals surface area contributed by atoms with Crippen LogP contribution in [0, 0.1) is 5.41 Å². The Bertz CT molecular complexity index is 396. The van der Waals surface area contributed by atoms with E-state index in [-0.39, 0.29) is 12.4 Å². The summed E-state index contributed by atoms with van der Waals surface area (Å²) in [4.78, 5) is 11.7. The molecule has 0 saturated carbocycles. The number of halogens is 2. The standard InChI is InChI=1S/C12H14BrClO2/c1-12(2,3)11(15)7-16-10-6-8(13)4-5-9(10)14/h4-6H,7H2,1-3H3. The average molecular weight is 306 g/mol. The van der Waals surface area contributed by atoms with E-state index in [9.17, 15) is 4.79 Å². The lowest BCUT2D eigenvalue weighted by Crippen LogP contribution is -2.26. The van der Waals surface area contributed by atoms with E-state index < -0.39 is 5.41 Å². The maximum atomic E-state index is 11.7. The number of Topliss-reactive ketones (excluding diaryl/α,β-unsaturated/α-hetero) is 1. The van der Waals surface area contributed by atoms with Gasteiger partial charge in [-0.1, -0.05) is 48.3 Å². The van der Waals surface area contributed by atoms with Crippen molar-refractivity contribution in [3.05, 3.63) is 27.7 Å². The van der Waals surface area contributed by atoms with E-state index in [1.807, 2.05) is 26.8 Å². The number of benzene rings is 1. The van der Waals surface area contributed by atoms with Crippen molar-refractivity contribution in [1.82, 2.24) is 0 Å². The minimum Gasteiger partial charge on any atom is -0.484 e. The Morgan fingerprint density at radius 3 is 2.62 bits per heavy atom. The molecule has 4 heteroatoms. The molecule has 1 aromatic carbocycles. The van der Waals surface area contributed by atoms with Crippen molar-refractivity contribution in [2.24, 2.45) is 5.41 Å². The first-order chi connectivity index (χ1) is 7.30. The number of hydrogen-bond acceptors (Lipinski definition) is 2. The Morgan fingerprint density at radius 2 is 2.06 bits per heavy atom. The summed E-state index contributed by atoms with van der Waals surface area (Å²) in [6, 6.07) is 5.29. The van der Waals surface area contributed by atoms with Crippen molar-refractivity contribution in [2.75, 3.05) is 6.61 Å². The van der Waals surface area contributed by atoms with Crippen molar-refractivity contribution in [2.45, 2.75) is 20.8 Å². The summed E-state index contributed by atoms with van der Waals surface area (Å²) >= 11 is 9.26. The first-order valence-corrected chi connectivity index (χ1v) is 6.09. The predicted octanol–water partition coefficient (Wildman–Crippen LogP) is 4.10. The summed E-state index contributed by atoms with van der Waals surface area (Å²) in [5, 5.41) is 0.505. The summed E-state index contributed by atoms with van der Waals surface area (Å²) in [6.45, 7) is 5.63. The van der Waals surface area contributed by atoms with Gasteiger partial charge in [0.05, 0.1) is 5.02 Å². The van der Waals surface area contributed by atoms with Crippen LogP contribution in [0.15, 0.2) is 22.7 Å². The monoisotopic (exact) mass is 304 g/mol. The maximum Gasteiger partial charge on any atom is 0.175 e. The molecule has 0 amide bonds. The van der Waals surface area contributed by atoms with Crippen molar-refractivity contribution in [3.8, 4) is 5.75 Å². The van der Waals surface area contributed by atoms with Gasteiger partial charge in [-0.25, -0.2) is 0 Å². The number of ketones is 1. The molecule has 0 atom stereocenters. The van der Waals surface area contributed by atoms with Gasteiger partial charge in [-0.15, -0.1) is 0 Å². The lowest BCUT2D eigenvalue weighted by molar-refractivity contribution is -0.128. The summed E-state index contributed by atoms with van der Waals surface area (Å²) in [5.74, 6) is 0.567. The van der Waals surface area contributed by atoms with Crippen LogP contribution >= 0.6 is 27.5 Å². The van der Waals surface area contributed by atoms with Gasteiger partial charge in [0.2, 0.25) is 0 Å². The molecule has 0 aliphatic rings. The third-order valence-corrected chi connectivity index (χ3v) is 2.89. The second-order valence-electron chi connectivity index (χ2n) is 4.54. The molecule has 0 N–H and O–H groups in total. The van der Waals surface area contributed by atoms with Gasteiger partial charge in [0.25, 0.3) is 0 Å². The Kier molecular flexibility index (Phi) is 4.39. The average Bonchev–Trinajstić information content (AvgIpc) is 2.17. The van der Waals surface area contributed by atoms with Crippen molar-refractivity contribution >= 4 is 33.3 Å². The van der Waals surface area contributed by atoms with Crippen LogP contribution in [-0.4, -0.2) is 12.4 Å². The molecule has 0 spiro atoms. The molecule has 0 heterocycles. The Morgan fingerprint density at radius 1 is 1.44 bits per heavy atom. The van der Waals surface area contributed by atoms with Gasteiger partial charge in [-0.05, 0) is 18.2 Å². The van der Waals surface area contributed by atoms with Crippen LogP contribution in [0.1, 0.15) is 20.8 Å². The normalized spacial score (nSPS) is 11.3. The highest BCUT2D eigenvalue weighted by molar-refractivity contribution is 9.10. The summed E-state index contributed by atoms with van der Waals surface area (Å²) < 4.78 is 6.26. The molecular weight excluding hydrogens is 291 g/mol. The largest absolute Gasteiger partial charge is 0.484 e. The summed E-state index contributed by atoms with van der Waals surface area (Å²) in [7, 11) is 0. The number of carbonyl (C=O) groups is 1.